The third kappa shape index (κ3) is 3.93. The summed E-state index contributed by atoms with van der Waals surface area (Å²) in [4.78, 5) is 12.7. The van der Waals surface area contributed by atoms with Crippen LogP contribution in [0.1, 0.15) is 53.5 Å². The molecule has 1 heterocycles. The quantitative estimate of drug-likeness (QED) is 0.849. The number of aromatic nitrogens is 2. The number of aliphatic hydroxyl groups excluding tert-OH is 1. The van der Waals surface area contributed by atoms with Crippen LogP contribution < -0.4 is 5.32 Å². The number of carbonyl (C=O) groups excluding carboxylic acids is 1. The van der Waals surface area contributed by atoms with Gasteiger partial charge in [-0.2, -0.15) is 5.10 Å². The molecule has 2 N–H and O–H groups in total. The number of hydrogen-bond acceptors (Lipinski definition) is 3. The van der Waals surface area contributed by atoms with Crippen LogP contribution in [0.2, 0.25) is 0 Å². The van der Waals surface area contributed by atoms with Gasteiger partial charge in [-0.05, 0) is 57.1 Å². The summed E-state index contributed by atoms with van der Waals surface area (Å²) in [5.41, 5.74) is 5.05. The number of rotatable bonds is 6. The molecule has 1 unspecified atom stereocenters. The van der Waals surface area contributed by atoms with Gasteiger partial charge >= 0.3 is 0 Å². The molecule has 134 valence electrons. The van der Waals surface area contributed by atoms with Crippen LogP contribution in [0.5, 0.6) is 0 Å². The van der Waals surface area contributed by atoms with Crippen LogP contribution >= 0.6 is 0 Å². The Balaban J connectivity index is 1.87. The van der Waals surface area contributed by atoms with Crippen molar-refractivity contribution in [2.24, 2.45) is 5.92 Å². The number of aliphatic hydroxyl groups is 1. The first-order valence-corrected chi connectivity index (χ1v) is 9.17. The zero-order valence-electron chi connectivity index (χ0n) is 15.1. The number of nitrogens with one attached hydrogen (secondary N) is 1. The third-order valence-electron chi connectivity index (χ3n) is 4.91. The molecule has 0 spiro atoms. The van der Waals surface area contributed by atoms with Gasteiger partial charge in [0, 0.05) is 24.4 Å². The number of fused-ring (bicyclic) bond motifs is 1. The van der Waals surface area contributed by atoms with E-state index in [4.69, 9.17) is 5.11 Å². The number of hydrogen-bond donors (Lipinski definition) is 2. The van der Waals surface area contributed by atoms with E-state index in [1.54, 1.807) is 0 Å². The first kappa shape index (κ1) is 17.7. The molecule has 0 aliphatic heterocycles. The summed E-state index contributed by atoms with van der Waals surface area (Å²) in [6.07, 6.45) is 4.81. The minimum Gasteiger partial charge on any atom is -0.396 e. The van der Waals surface area contributed by atoms with Crippen LogP contribution in [0.3, 0.4) is 0 Å². The number of carbonyl (C=O) groups is 1. The highest BCUT2D eigenvalue weighted by molar-refractivity contribution is 5.94. The molecule has 2 aromatic rings. The lowest BCUT2D eigenvalue weighted by atomic mass is 9.95. The number of amides is 1. The van der Waals surface area contributed by atoms with E-state index in [-0.39, 0.29) is 18.4 Å². The molecule has 1 aliphatic rings. The molecule has 5 nitrogen and oxygen atoms in total. The first-order valence-electron chi connectivity index (χ1n) is 9.17. The summed E-state index contributed by atoms with van der Waals surface area (Å²) in [7, 11) is 0. The van der Waals surface area contributed by atoms with Crippen molar-refractivity contribution in [3.63, 3.8) is 0 Å². The Labute approximate surface area is 149 Å². The van der Waals surface area contributed by atoms with Crippen molar-refractivity contribution in [2.75, 3.05) is 13.2 Å². The molecule has 1 amide bonds. The Kier molecular flexibility index (Phi) is 5.53. The van der Waals surface area contributed by atoms with Gasteiger partial charge in [-0.1, -0.05) is 24.6 Å². The van der Waals surface area contributed by atoms with Gasteiger partial charge in [0.1, 0.15) is 0 Å². The topological polar surface area (TPSA) is 67.2 Å². The van der Waals surface area contributed by atoms with Crippen LogP contribution in [0, 0.1) is 12.8 Å². The van der Waals surface area contributed by atoms with Crippen molar-refractivity contribution in [3.05, 3.63) is 46.8 Å². The molecule has 1 aromatic heterocycles. The highest BCUT2D eigenvalue weighted by Gasteiger charge is 2.25. The van der Waals surface area contributed by atoms with Crippen molar-refractivity contribution in [1.29, 1.82) is 0 Å². The van der Waals surface area contributed by atoms with Crippen LogP contribution in [-0.2, 0) is 12.8 Å². The van der Waals surface area contributed by atoms with E-state index in [1.165, 1.54) is 11.3 Å². The molecule has 25 heavy (non-hydrogen) atoms. The molecule has 3 rings (SSSR count). The van der Waals surface area contributed by atoms with E-state index >= 15 is 0 Å². The molecular formula is C20H27N3O2. The smallest absolute Gasteiger partial charge is 0.272 e. The molecule has 0 fully saturated rings. The number of aryl methyl sites for hydroxylation is 1. The minimum absolute atomic E-state index is 0.103. The Hall–Kier alpha value is -2.14. The summed E-state index contributed by atoms with van der Waals surface area (Å²) in [5.74, 6) is 0.151. The van der Waals surface area contributed by atoms with Crippen LogP contribution in [0.4, 0.5) is 0 Å². The van der Waals surface area contributed by atoms with Gasteiger partial charge in [-0.15, -0.1) is 0 Å². The normalized spacial score (nSPS) is 14.8. The van der Waals surface area contributed by atoms with Gasteiger partial charge in [0.2, 0.25) is 0 Å². The minimum atomic E-state index is -0.103. The predicted octanol–water partition coefficient (Wildman–Crippen LogP) is 2.81. The maximum atomic E-state index is 12.7. The summed E-state index contributed by atoms with van der Waals surface area (Å²) in [5, 5.41) is 16.7. The summed E-state index contributed by atoms with van der Waals surface area (Å²) in [6, 6.07) is 8.26. The highest BCUT2D eigenvalue weighted by Crippen LogP contribution is 2.27. The summed E-state index contributed by atoms with van der Waals surface area (Å²) in [6.45, 7) is 4.80. The number of benzene rings is 1. The van der Waals surface area contributed by atoms with Crippen LogP contribution in [-0.4, -0.2) is 33.9 Å². The van der Waals surface area contributed by atoms with E-state index in [0.717, 1.165) is 36.9 Å². The van der Waals surface area contributed by atoms with Gasteiger partial charge in [0.15, 0.2) is 5.69 Å². The van der Waals surface area contributed by atoms with E-state index < -0.39 is 0 Å². The van der Waals surface area contributed by atoms with Crippen LogP contribution in [0.15, 0.2) is 24.3 Å². The van der Waals surface area contributed by atoms with Gasteiger partial charge in [0.05, 0.1) is 5.69 Å². The summed E-state index contributed by atoms with van der Waals surface area (Å²) >= 11 is 0. The average Bonchev–Trinajstić information content (AvgIpc) is 3.00. The Morgan fingerprint density at radius 2 is 2.00 bits per heavy atom. The lowest BCUT2D eigenvalue weighted by Crippen LogP contribution is -2.29. The van der Waals surface area contributed by atoms with Gasteiger partial charge in [-0.25, -0.2) is 4.68 Å². The second kappa shape index (κ2) is 7.83. The number of nitrogens with zero attached hydrogens (tertiary/aromatic N) is 2. The molecule has 1 aromatic carbocycles. The zero-order chi connectivity index (χ0) is 17.8. The lowest BCUT2D eigenvalue weighted by molar-refractivity contribution is 0.0939. The second-order valence-corrected chi connectivity index (χ2v) is 7.06. The Bertz CT molecular complexity index is 734. The fourth-order valence-corrected chi connectivity index (χ4v) is 3.35. The lowest BCUT2D eigenvalue weighted by Gasteiger charge is -2.14. The predicted molar refractivity (Wildman–Crippen MR) is 98.1 cm³/mol. The molecule has 5 heteroatoms. The summed E-state index contributed by atoms with van der Waals surface area (Å²) < 4.78 is 1.94. The second-order valence-electron chi connectivity index (χ2n) is 7.06. The molecule has 0 radical (unpaired) electrons. The SMILES string of the molecule is Cc1ccc(-n2nc(C(=O)NCC(C)CCO)c3c2CCCC3)cc1. The van der Waals surface area contributed by atoms with Gasteiger partial charge < -0.3 is 10.4 Å². The van der Waals surface area contributed by atoms with Gasteiger partial charge in [-0.3, -0.25) is 4.79 Å². The molecule has 0 saturated heterocycles. The van der Waals surface area contributed by atoms with E-state index in [2.05, 4.69) is 41.6 Å². The standard InChI is InChI=1S/C20H27N3O2/c1-14-7-9-16(10-8-14)23-18-6-4-3-5-17(18)19(22-23)20(25)21-13-15(2)11-12-24/h7-10,15,24H,3-6,11-13H2,1-2H3,(H,21,25). The van der Waals surface area contributed by atoms with E-state index in [1.807, 2.05) is 11.6 Å². The zero-order valence-corrected chi connectivity index (χ0v) is 15.1. The Morgan fingerprint density at radius 3 is 2.72 bits per heavy atom. The largest absolute Gasteiger partial charge is 0.396 e. The molecule has 1 atom stereocenters. The van der Waals surface area contributed by atoms with Crippen molar-refractivity contribution in [3.8, 4) is 5.69 Å². The van der Waals surface area contributed by atoms with E-state index in [9.17, 15) is 4.79 Å². The monoisotopic (exact) mass is 341 g/mol. The fourth-order valence-electron chi connectivity index (χ4n) is 3.35. The van der Waals surface area contributed by atoms with Crippen molar-refractivity contribution in [2.45, 2.75) is 46.0 Å². The van der Waals surface area contributed by atoms with Crippen LogP contribution in [0.25, 0.3) is 5.69 Å². The third-order valence-corrected chi connectivity index (χ3v) is 4.91. The Morgan fingerprint density at radius 1 is 1.28 bits per heavy atom. The molecule has 1 aliphatic carbocycles. The van der Waals surface area contributed by atoms with Crippen molar-refractivity contribution >= 4 is 5.91 Å². The fraction of sp³-hybridized carbons (Fsp3) is 0.500. The highest BCUT2D eigenvalue weighted by atomic mass is 16.3. The van der Waals surface area contributed by atoms with Crippen molar-refractivity contribution in [1.82, 2.24) is 15.1 Å². The van der Waals surface area contributed by atoms with Crippen molar-refractivity contribution < 1.29 is 9.90 Å². The molecule has 0 bridgehead atoms. The van der Waals surface area contributed by atoms with E-state index in [0.29, 0.717) is 18.7 Å². The maximum absolute atomic E-state index is 12.7. The first-order chi connectivity index (χ1) is 12.1. The molecular weight excluding hydrogens is 314 g/mol. The van der Waals surface area contributed by atoms with Gasteiger partial charge in [0.25, 0.3) is 5.91 Å². The average molecular weight is 341 g/mol. The molecule has 0 saturated carbocycles. The maximum Gasteiger partial charge on any atom is 0.272 e.